The smallest absolute Gasteiger partial charge is 0.262 e. The van der Waals surface area contributed by atoms with Crippen LogP contribution < -0.4 is 15.0 Å². The van der Waals surface area contributed by atoms with E-state index in [0.717, 1.165) is 5.69 Å². The average Bonchev–Trinajstić information content (AvgIpc) is 2.43. The van der Waals surface area contributed by atoms with Gasteiger partial charge in [0, 0.05) is 13.5 Å². The van der Waals surface area contributed by atoms with Crippen LogP contribution in [0.3, 0.4) is 0 Å². The Morgan fingerprint density at radius 2 is 2.00 bits per heavy atom. The second-order valence-corrected chi connectivity index (χ2v) is 6.43. The molecule has 2 rings (SSSR count). The molecule has 0 radical (unpaired) electrons. The number of hydrogen-bond donors (Lipinski definition) is 1. The van der Waals surface area contributed by atoms with Gasteiger partial charge in [0.25, 0.3) is 5.91 Å². The minimum Gasteiger partial charge on any atom is -0.477 e. The number of carbonyl (C=O) groups excluding carboxylic acids is 2. The SMILES string of the molecule is CNC(=O)C1CN(C(=O)CC(C)(C)C)c2ccccc2O1. The van der Waals surface area contributed by atoms with Crippen LogP contribution in [0.4, 0.5) is 5.69 Å². The number of carbonyl (C=O) groups is 2. The first kappa shape index (κ1) is 15.4. The molecule has 21 heavy (non-hydrogen) atoms. The summed E-state index contributed by atoms with van der Waals surface area (Å²) in [5.74, 6) is 0.352. The van der Waals surface area contributed by atoms with Crippen LogP contribution in [0.2, 0.25) is 0 Å². The number of rotatable bonds is 2. The molecule has 0 aromatic heterocycles. The van der Waals surface area contributed by atoms with E-state index in [0.29, 0.717) is 12.2 Å². The normalized spacial score (nSPS) is 17.7. The molecule has 1 atom stereocenters. The summed E-state index contributed by atoms with van der Waals surface area (Å²) < 4.78 is 5.69. The lowest BCUT2D eigenvalue weighted by atomic mass is 9.91. The third kappa shape index (κ3) is 3.54. The van der Waals surface area contributed by atoms with Gasteiger partial charge in [-0.15, -0.1) is 0 Å². The van der Waals surface area contributed by atoms with Crippen molar-refractivity contribution in [1.82, 2.24) is 5.32 Å². The van der Waals surface area contributed by atoms with Crippen molar-refractivity contribution in [1.29, 1.82) is 0 Å². The van der Waals surface area contributed by atoms with E-state index in [1.165, 1.54) is 0 Å². The molecular formula is C16H22N2O3. The van der Waals surface area contributed by atoms with E-state index in [2.05, 4.69) is 5.32 Å². The van der Waals surface area contributed by atoms with Crippen molar-refractivity contribution in [2.75, 3.05) is 18.5 Å². The highest BCUT2D eigenvalue weighted by Crippen LogP contribution is 2.34. The molecule has 114 valence electrons. The van der Waals surface area contributed by atoms with E-state index in [-0.39, 0.29) is 23.8 Å². The number of likely N-dealkylation sites (N-methyl/N-ethyl adjacent to an activating group) is 1. The van der Waals surface area contributed by atoms with Gasteiger partial charge in [0.05, 0.1) is 12.2 Å². The van der Waals surface area contributed by atoms with Crippen molar-refractivity contribution in [3.63, 3.8) is 0 Å². The molecule has 1 unspecified atom stereocenters. The number of hydrogen-bond acceptors (Lipinski definition) is 3. The van der Waals surface area contributed by atoms with Crippen LogP contribution in [-0.4, -0.2) is 31.5 Å². The lowest BCUT2D eigenvalue weighted by molar-refractivity contribution is -0.128. The number of benzene rings is 1. The molecular weight excluding hydrogens is 268 g/mol. The third-order valence-corrected chi connectivity index (χ3v) is 3.30. The molecule has 1 N–H and O–H groups in total. The Hall–Kier alpha value is -2.04. The standard InChI is InChI=1S/C16H22N2O3/c1-16(2,3)9-14(19)18-10-13(15(20)17-4)21-12-8-6-5-7-11(12)18/h5-8,13H,9-10H2,1-4H3,(H,17,20). The Labute approximate surface area is 125 Å². The van der Waals surface area contributed by atoms with E-state index in [9.17, 15) is 9.59 Å². The topological polar surface area (TPSA) is 58.6 Å². The predicted octanol–water partition coefficient (Wildman–Crippen LogP) is 1.96. The number of nitrogens with one attached hydrogen (secondary N) is 1. The minimum atomic E-state index is -0.672. The summed E-state index contributed by atoms with van der Waals surface area (Å²) in [5, 5.41) is 2.57. The van der Waals surface area contributed by atoms with Crippen LogP contribution in [0.25, 0.3) is 0 Å². The molecule has 1 heterocycles. The Balaban J connectivity index is 2.30. The zero-order valence-corrected chi connectivity index (χ0v) is 13.0. The predicted molar refractivity (Wildman–Crippen MR) is 81.3 cm³/mol. The van der Waals surface area contributed by atoms with E-state index < -0.39 is 6.10 Å². The first-order chi connectivity index (χ1) is 9.81. The molecule has 1 aromatic carbocycles. The van der Waals surface area contributed by atoms with Gasteiger partial charge < -0.3 is 15.0 Å². The number of anilines is 1. The van der Waals surface area contributed by atoms with Gasteiger partial charge in [-0.25, -0.2) is 0 Å². The minimum absolute atomic E-state index is 0.00662. The zero-order valence-electron chi connectivity index (χ0n) is 13.0. The lowest BCUT2D eigenvalue weighted by Gasteiger charge is -2.35. The fourth-order valence-electron chi connectivity index (χ4n) is 2.32. The van der Waals surface area contributed by atoms with Gasteiger partial charge in [-0.1, -0.05) is 32.9 Å². The molecule has 1 aliphatic rings. The third-order valence-electron chi connectivity index (χ3n) is 3.30. The van der Waals surface area contributed by atoms with E-state index in [1.54, 1.807) is 18.0 Å². The van der Waals surface area contributed by atoms with Crippen molar-refractivity contribution in [3.05, 3.63) is 24.3 Å². The highest BCUT2D eigenvalue weighted by atomic mass is 16.5. The summed E-state index contributed by atoms with van der Waals surface area (Å²) in [6, 6.07) is 7.31. The van der Waals surface area contributed by atoms with E-state index >= 15 is 0 Å². The van der Waals surface area contributed by atoms with Crippen LogP contribution in [-0.2, 0) is 9.59 Å². The summed E-state index contributed by atoms with van der Waals surface area (Å²) in [6.45, 7) is 6.31. The number of nitrogens with zero attached hydrogens (tertiary/aromatic N) is 1. The highest BCUT2D eigenvalue weighted by molar-refractivity contribution is 5.97. The van der Waals surface area contributed by atoms with Gasteiger partial charge >= 0.3 is 0 Å². The molecule has 0 saturated carbocycles. The molecule has 0 saturated heterocycles. The number of ether oxygens (including phenoxy) is 1. The molecule has 5 nitrogen and oxygen atoms in total. The summed E-state index contributed by atoms with van der Waals surface area (Å²) in [6.07, 6.45) is -0.254. The molecule has 0 aliphatic carbocycles. The quantitative estimate of drug-likeness (QED) is 0.906. The van der Waals surface area contributed by atoms with Crippen LogP contribution in [0.15, 0.2) is 24.3 Å². The van der Waals surface area contributed by atoms with Gasteiger partial charge in [0.2, 0.25) is 5.91 Å². The average molecular weight is 290 g/mol. The zero-order chi connectivity index (χ0) is 15.6. The molecule has 0 spiro atoms. The summed E-state index contributed by atoms with van der Waals surface area (Å²) >= 11 is 0. The molecule has 0 fully saturated rings. The van der Waals surface area contributed by atoms with Gasteiger partial charge in [0.1, 0.15) is 5.75 Å². The Morgan fingerprint density at radius 1 is 1.33 bits per heavy atom. The van der Waals surface area contributed by atoms with Crippen LogP contribution in [0, 0.1) is 5.41 Å². The maximum atomic E-state index is 12.6. The van der Waals surface area contributed by atoms with Gasteiger partial charge in [-0.2, -0.15) is 0 Å². The maximum Gasteiger partial charge on any atom is 0.262 e. The van der Waals surface area contributed by atoms with E-state index in [1.807, 2.05) is 39.0 Å². The summed E-state index contributed by atoms with van der Waals surface area (Å²) in [5.41, 5.74) is 0.624. The van der Waals surface area contributed by atoms with Crippen LogP contribution in [0.5, 0.6) is 5.75 Å². The van der Waals surface area contributed by atoms with Crippen molar-refractivity contribution >= 4 is 17.5 Å². The Bertz CT molecular complexity index is 549. The first-order valence-electron chi connectivity index (χ1n) is 7.09. The van der Waals surface area contributed by atoms with Crippen LogP contribution >= 0.6 is 0 Å². The summed E-state index contributed by atoms with van der Waals surface area (Å²) in [7, 11) is 1.56. The molecule has 0 bridgehead atoms. The van der Waals surface area contributed by atoms with Gasteiger partial charge in [0.15, 0.2) is 6.10 Å². The lowest BCUT2D eigenvalue weighted by Crippen LogP contribution is -2.50. The number of amides is 2. The van der Waals surface area contributed by atoms with Crippen molar-refractivity contribution < 1.29 is 14.3 Å². The molecule has 2 amide bonds. The number of para-hydroxylation sites is 2. The first-order valence-corrected chi connectivity index (χ1v) is 7.09. The molecule has 1 aliphatic heterocycles. The van der Waals surface area contributed by atoms with Crippen molar-refractivity contribution in [3.8, 4) is 5.75 Å². The Morgan fingerprint density at radius 3 is 2.62 bits per heavy atom. The highest BCUT2D eigenvalue weighted by Gasteiger charge is 2.34. The van der Waals surface area contributed by atoms with Crippen LogP contribution in [0.1, 0.15) is 27.2 Å². The Kier molecular flexibility index (Phi) is 4.21. The monoisotopic (exact) mass is 290 g/mol. The fraction of sp³-hybridized carbons (Fsp3) is 0.500. The van der Waals surface area contributed by atoms with Crippen molar-refractivity contribution in [2.24, 2.45) is 5.41 Å². The second kappa shape index (κ2) is 5.76. The largest absolute Gasteiger partial charge is 0.477 e. The van der Waals surface area contributed by atoms with Gasteiger partial charge in [-0.05, 0) is 17.5 Å². The fourth-order valence-corrected chi connectivity index (χ4v) is 2.32. The molecule has 5 heteroatoms. The van der Waals surface area contributed by atoms with Crippen molar-refractivity contribution in [2.45, 2.75) is 33.3 Å². The second-order valence-electron chi connectivity index (χ2n) is 6.43. The van der Waals surface area contributed by atoms with E-state index in [4.69, 9.17) is 4.74 Å². The number of fused-ring (bicyclic) bond motifs is 1. The molecule has 1 aromatic rings. The maximum absolute atomic E-state index is 12.6. The summed E-state index contributed by atoms with van der Waals surface area (Å²) in [4.78, 5) is 26.1. The van der Waals surface area contributed by atoms with Gasteiger partial charge in [-0.3, -0.25) is 9.59 Å².